The van der Waals surface area contributed by atoms with Crippen LogP contribution in [0.1, 0.15) is 18.4 Å². The van der Waals surface area contributed by atoms with Crippen molar-refractivity contribution in [2.75, 3.05) is 17.7 Å². The SMILES string of the molecule is COc1ccc(C(F)(F)F)c(NC(=O)Nc2cccc3[nH]cc(OC(=O)C4CC4)c23)c1. The van der Waals surface area contributed by atoms with Crippen LogP contribution >= 0.6 is 0 Å². The zero-order valence-electron chi connectivity index (χ0n) is 16.3. The molecule has 0 aliphatic heterocycles. The van der Waals surface area contributed by atoms with E-state index in [0.29, 0.717) is 10.9 Å². The number of aromatic nitrogens is 1. The number of hydrogen-bond acceptors (Lipinski definition) is 4. The Labute approximate surface area is 174 Å². The van der Waals surface area contributed by atoms with E-state index in [1.54, 1.807) is 18.2 Å². The Hall–Kier alpha value is -3.69. The molecule has 0 atom stereocenters. The number of carbonyl (C=O) groups is 2. The molecule has 7 nitrogen and oxygen atoms in total. The summed E-state index contributed by atoms with van der Waals surface area (Å²) in [4.78, 5) is 27.5. The molecule has 3 N–H and O–H groups in total. The van der Waals surface area contributed by atoms with Crippen molar-refractivity contribution >= 4 is 34.3 Å². The first-order valence-corrected chi connectivity index (χ1v) is 9.41. The first-order chi connectivity index (χ1) is 14.8. The van der Waals surface area contributed by atoms with Gasteiger partial charge in [-0.05, 0) is 37.1 Å². The number of urea groups is 1. The summed E-state index contributed by atoms with van der Waals surface area (Å²) in [5.41, 5.74) is -0.603. The number of benzene rings is 2. The molecule has 0 spiro atoms. The summed E-state index contributed by atoms with van der Waals surface area (Å²) in [6.07, 6.45) is -1.62. The molecule has 0 radical (unpaired) electrons. The lowest BCUT2D eigenvalue weighted by Gasteiger charge is -2.16. The van der Waals surface area contributed by atoms with Crippen molar-refractivity contribution in [3.63, 3.8) is 0 Å². The number of amides is 2. The Morgan fingerprint density at radius 3 is 2.52 bits per heavy atom. The number of alkyl halides is 3. The fraction of sp³-hybridized carbons (Fsp3) is 0.238. The highest BCUT2D eigenvalue weighted by atomic mass is 19.4. The van der Waals surface area contributed by atoms with Crippen molar-refractivity contribution < 1.29 is 32.2 Å². The molecule has 1 saturated carbocycles. The number of halogens is 3. The van der Waals surface area contributed by atoms with Crippen LogP contribution in [0.2, 0.25) is 0 Å². The van der Waals surface area contributed by atoms with E-state index >= 15 is 0 Å². The van der Waals surface area contributed by atoms with Crippen LogP contribution in [0.25, 0.3) is 10.9 Å². The van der Waals surface area contributed by atoms with Crippen molar-refractivity contribution in [2.24, 2.45) is 5.92 Å². The van der Waals surface area contributed by atoms with E-state index in [1.807, 2.05) is 0 Å². The third-order valence-corrected chi connectivity index (χ3v) is 4.82. The van der Waals surface area contributed by atoms with Crippen molar-refractivity contribution in [1.82, 2.24) is 4.98 Å². The van der Waals surface area contributed by atoms with Gasteiger partial charge >= 0.3 is 18.2 Å². The molecule has 0 saturated heterocycles. The summed E-state index contributed by atoms with van der Waals surface area (Å²) >= 11 is 0. The third kappa shape index (κ3) is 4.42. The van der Waals surface area contributed by atoms with E-state index in [9.17, 15) is 22.8 Å². The van der Waals surface area contributed by atoms with E-state index in [1.165, 1.54) is 13.3 Å². The molecular formula is C21H18F3N3O4. The molecule has 0 unspecified atom stereocenters. The number of carbonyl (C=O) groups excluding carboxylic acids is 2. The maximum absolute atomic E-state index is 13.3. The second-order valence-corrected chi connectivity index (χ2v) is 7.06. The van der Waals surface area contributed by atoms with Crippen molar-refractivity contribution in [3.05, 3.63) is 48.2 Å². The molecular weight excluding hydrogens is 415 g/mol. The highest BCUT2D eigenvalue weighted by molar-refractivity contribution is 6.08. The Kier molecular flexibility index (Phi) is 5.22. The predicted octanol–water partition coefficient (Wildman–Crippen LogP) is 5.15. The summed E-state index contributed by atoms with van der Waals surface area (Å²) in [7, 11) is 1.31. The van der Waals surface area contributed by atoms with Crippen LogP contribution < -0.4 is 20.1 Å². The standard InChI is InChI=1S/C21H18F3N3O4/c1-30-12-7-8-13(21(22,23)24)16(9-12)27-20(29)26-15-4-2-3-14-18(15)17(10-25-14)31-19(28)11-5-6-11/h2-4,7-11,25H,5-6H2,1H3,(H2,26,27,29). The van der Waals surface area contributed by atoms with Gasteiger partial charge in [0.15, 0.2) is 5.75 Å². The molecule has 162 valence electrons. The van der Waals surface area contributed by atoms with E-state index in [4.69, 9.17) is 9.47 Å². The van der Waals surface area contributed by atoms with Gasteiger partial charge in [0, 0.05) is 12.3 Å². The molecule has 31 heavy (non-hydrogen) atoms. The van der Waals surface area contributed by atoms with Crippen molar-refractivity contribution in [3.8, 4) is 11.5 Å². The van der Waals surface area contributed by atoms with Gasteiger partial charge in [-0.3, -0.25) is 4.79 Å². The zero-order chi connectivity index (χ0) is 22.2. The lowest BCUT2D eigenvalue weighted by atomic mass is 10.1. The monoisotopic (exact) mass is 433 g/mol. The predicted molar refractivity (Wildman–Crippen MR) is 107 cm³/mol. The second-order valence-electron chi connectivity index (χ2n) is 7.06. The number of nitrogens with one attached hydrogen (secondary N) is 3. The van der Waals surface area contributed by atoms with Crippen LogP contribution in [-0.4, -0.2) is 24.1 Å². The molecule has 1 aliphatic rings. The maximum atomic E-state index is 13.3. The van der Waals surface area contributed by atoms with Crippen LogP contribution in [0.5, 0.6) is 11.5 Å². The average molecular weight is 433 g/mol. The smallest absolute Gasteiger partial charge is 0.418 e. The number of H-pyrrole nitrogens is 1. The summed E-state index contributed by atoms with van der Waals surface area (Å²) in [5, 5.41) is 5.18. The lowest BCUT2D eigenvalue weighted by molar-refractivity contribution is -0.137. The first-order valence-electron chi connectivity index (χ1n) is 9.41. The summed E-state index contributed by atoms with van der Waals surface area (Å²) < 4.78 is 50.3. The number of aromatic amines is 1. The normalized spacial score (nSPS) is 13.7. The van der Waals surface area contributed by atoms with Crippen LogP contribution in [0, 0.1) is 5.92 Å². The van der Waals surface area contributed by atoms with Crippen LogP contribution in [0.15, 0.2) is 42.6 Å². The average Bonchev–Trinajstić information content (AvgIpc) is 3.49. The van der Waals surface area contributed by atoms with Gasteiger partial charge in [0.05, 0.1) is 40.9 Å². The van der Waals surface area contributed by atoms with E-state index < -0.39 is 23.5 Å². The lowest BCUT2D eigenvalue weighted by Crippen LogP contribution is -2.22. The highest BCUT2D eigenvalue weighted by Gasteiger charge is 2.34. The maximum Gasteiger partial charge on any atom is 0.418 e. The van der Waals surface area contributed by atoms with Gasteiger partial charge in [0.25, 0.3) is 0 Å². The van der Waals surface area contributed by atoms with Gasteiger partial charge in [-0.25, -0.2) is 4.79 Å². The minimum atomic E-state index is -4.67. The number of rotatable bonds is 5. The number of anilines is 2. The highest BCUT2D eigenvalue weighted by Crippen LogP contribution is 2.38. The summed E-state index contributed by atoms with van der Waals surface area (Å²) in [6, 6.07) is 7.10. The fourth-order valence-electron chi connectivity index (χ4n) is 3.13. The van der Waals surface area contributed by atoms with E-state index in [-0.39, 0.29) is 29.1 Å². The molecule has 1 fully saturated rings. The van der Waals surface area contributed by atoms with Gasteiger partial charge in [-0.15, -0.1) is 0 Å². The molecule has 4 rings (SSSR count). The molecule has 1 aliphatic carbocycles. The minimum absolute atomic E-state index is 0.123. The van der Waals surface area contributed by atoms with Gasteiger partial charge in [0.1, 0.15) is 5.75 Å². The Balaban J connectivity index is 1.59. The molecule has 1 heterocycles. The van der Waals surface area contributed by atoms with E-state index in [0.717, 1.165) is 31.0 Å². The van der Waals surface area contributed by atoms with Crippen LogP contribution in [0.3, 0.4) is 0 Å². The summed E-state index contributed by atoms with van der Waals surface area (Å²) in [5.74, 6) is -0.0842. The largest absolute Gasteiger partial charge is 0.497 e. The molecule has 1 aromatic heterocycles. The van der Waals surface area contributed by atoms with E-state index in [2.05, 4.69) is 15.6 Å². The molecule has 3 aromatic rings. The first kappa shape index (κ1) is 20.6. The minimum Gasteiger partial charge on any atom is -0.497 e. The third-order valence-electron chi connectivity index (χ3n) is 4.82. The number of methoxy groups -OCH3 is 1. The van der Waals surface area contributed by atoms with Crippen molar-refractivity contribution in [2.45, 2.75) is 19.0 Å². The Morgan fingerprint density at radius 2 is 1.84 bits per heavy atom. The summed E-state index contributed by atoms with van der Waals surface area (Å²) in [6.45, 7) is 0. The van der Waals surface area contributed by atoms with Gasteiger partial charge in [-0.2, -0.15) is 13.2 Å². The van der Waals surface area contributed by atoms with Gasteiger partial charge in [-0.1, -0.05) is 6.07 Å². The zero-order valence-corrected chi connectivity index (χ0v) is 16.3. The topological polar surface area (TPSA) is 92.5 Å². The molecule has 10 heteroatoms. The second kappa shape index (κ2) is 7.86. The van der Waals surface area contributed by atoms with Crippen LogP contribution in [0.4, 0.5) is 29.3 Å². The Morgan fingerprint density at radius 1 is 1.10 bits per heavy atom. The van der Waals surface area contributed by atoms with Crippen molar-refractivity contribution in [1.29, 1.82) is 0 Å². The van der Waals surface area contributed by atoms with Gasteiger partial charge in [0.2, 0.25) is 0 Å². The molecule has 0 bridgehead atoms. The number of esters is 1. The number of hydrogen-bond donors (Lipinski definition) is 3. The number of ether oxygens (including phenoxy) is 2. The number of fused-ring (bicyclic) bond motifs is 1. The molecule has 2 aromatic carbocycles. The van der Waals surface area contributed by atoms with Gasteiger partial charge < -0.3 is 25.1 Å². The van der Waals surface area contributed by atoms with Crippen LogP contribution in [-0.2, 0) is 11.0 Å². The quantitative estimate of drug-likeness (QED) is 0.485. The fourth-order valence-corrected chi connectivity index (χ4v) is 3.13. The molecule has 2 amide bonds. The Bertz CT molecular complexity index is 1150.